The highest BCUT2D eigenvalue weighted by atomic mass is 19.1. The Morgan fingerprint density at radius 3 is 2.87 bits per heavy atom. The van der Waals surface area contributed by atoms with Crippen LogP contribution in [-0.2, 0) is 6.54 Å². The third-order valence-electron chi connectivity index (χ3n) is 1.94. The van der Waals surface area contributed by atoms with Gasteiger partial charge in [-0.15, -0.1) is 5.10 Å². The molecule has 0 unspecified atom stereocenters. The molecule has 0 atom stereocenters. The SMILES string of the molecule is N#Cc1cn(Cc2ccccc2F)nn1. The summed E-state index contributed by atoms with van der Waals surface area (Å²) in [5.41, 5.74) is 0.748. The van der Waals surface area contributed by atoms with E-state index in [2.05, 4.69) is 10.3 Å². The van der Waals surface area contributed by atoms with Crippen LogP contribution in [0.3, 0.4) is 0 Å². The normalized spacial score (nSPS) is 9.87. The molecule has 0 saturated carbocycles. The smallest absolute Gasteiger partial charge is 0.182 e. The zero-order valence-corrected chi connectivity index (χ0v) is 7.76. The number of nitriles is 1. The van der Waals surface area contributed by atoms with Crippen LogP contribution >= 0.6 is 0 Å². The first-order chi connectivity index (χ1) is 7.29. The molecule has 0 saturated heterocycles. The third kappa shape index (κ3) is 1.99. The Kier molecular flexibility index (Phi) is 2.42. The number of halogens is 1. The van der Waals surface area contributed by atoms with Gasteiger partial charge in [-0.25, -0.2) is 9.07 Å². The van der Waals surface area contributed by atoms with E-state index in [4.69, 9.17) is 5.26 Å². The summed E-state index contributed by atoms with van der Waals surface area (Å²) in [6.07, 6.45) is 1.48. The van der Waals surface area contributed by atoms with Gasteiger partial charge in [-0.2, -0.15) is 5.26 Å². The second-order valence-electron chi connectivity index (χ2n) is 3.00. The second kappa shape index (κ2) is 3.88. The average molecular weight is 202 g/mol. The Balaban J connectivity index is 2.23. The maximum absolute atomic E-state index is 13.2. The van der Waals surface area contributed by atoms with Gasteiger partial charge in [-0.1, -0.05) is 23.4 Å². The fourth-order valence-corrected chi connectivity index (χ4v) is 1.23. The Bertz CT molecular complexity index is 512. The summed E-state index contributed by atoms with van der Waals surface area (Å²) in [5, 5.41) is 15.8. The first kappa shape index (κ1) is 9.34. The molecule has 0 N–H and O–H groups in total. The van der Waals surface area contributed by atoms with Gasteiger partial charge in [0.05, 0.1) is 12.7 Å². The number of hydrogen-bond donors (Lipinski definition) is 0. The van der Waals surface area contributed by atoms with E-state index < -0.39 is 0 Å². The molecule has 1 aromatic carbocycles. The predicted molar refractivity (Wildman–Crippen MR) is 50.2 cm³/mol. The number of nitrogens with zero attached hydrogens (tertiary/aromatic N) is 4. The van der Waals surface area contributed by atoms with Crippen LogP contribution in [0.25, 0.3) is 0 Å². The van der Waals surface area contributed by atoms with Crippen LogP contribution in [-0.4, -0.2) is 15.0 Å². The molecule has 0 radical (unpaired) electrons. The number of aromatic nitrogens is 3. The van der Waals surface area contributed by atoms with Gasteiger partial charge in [0.25, 0.3) is 0 Å². The van der Waals surface area contributed by atoms with Crippen molar-refractivity contribution in [2.24, 2.45) is 0 Å². The minimum Gasteiger partial charge on any atom is -0.247 e. The lowest BCUT2D eigenvalue weighted by molar-refractivity contribution is 0.577. The summed E-state index contributed by atoms with van der Waals surface area (Å²) in [4.78, 5) is 0. The van der Waals surface area contributed by atoms with Crippen molar-refractivity contribution in [3.8, 4) is 6.07 Å². The van der Waals surface area contributed by atoms with E-state index in [1.807, 2.05) is 6.07 Å². The molecule has 15 heavy (non-hydrogen) atoms. The Hall–Kier alpha value is -2.22. The highest BCUT2D eigenvalue weighted by Crippen LogP contribution is 2.07. The van der Waals surface area contributed by atoms with Gasteiger partial charge in [-0.3, -0.25) is 0 Å². The van der Waals surface area contributed by atoms with E-state index in [1.165, 1.54) is 16.9 Å². The minimum absolute atomic E-state index is 0.228. The van der Waals surface area contributed by atoms with E-state index in [0.29, 0.717) is 5.56 Å². The third-order valence-corrected chi connectivity index (χ3v) is 1.94. The van der Waals surface area contributed by atoms with Crippen molar-refractivity contribution in [3.63, 3.8) is 0 Å². The van der Waals surface area contributed by atoms with Crippen molar-refractivity contribution >= 4 is 0 Å². The molecule has 0 aliphatic rings. The van der Waals surface area contributed by atoms with Crippen LogP contribution in [0.1, 0.15) is 11.3 Å². The summed E-state index contributed by atoms with van der Waals surface area (Å²) >= 11 is 0. The van der Waals surface area contributed by atoms with Crippen LogP contribution in [0, 0.1) is 17.1 Å². The minimum atomic E-state index is -0.286. The molecule has 0 aliphatic heterocycles. The van der Waals surface area contributed by atoms with Crippen molar-refractivity contribution in [3.05, 3.63) is 47.5 Å². The van der Waals surface area contributed by atoms with E-state index >= 15 is 0 Å². The van der Waals surface area contributed by atoms with Gasteiger partial charge in [0, 0.05) is 5.56 Å². The zero-order chi connectivity index (χ0) is 10.7. The summed E-state index contributed by atoms with van der Waals surface area (Å²) in [6.45, 7) is 0.279. The van der Waals surface area contributed by atoms with Crippen LogP contribution in [0.4, 0.5) is 4.39 Å². The number of hydrogen-bond acceptors (Lipinski definition) is 3. The largest absolute Gasteiger partial charge is 0.247 e. The van der Waals surface area contributed by atoms with Gasteiger partial charge in [0.2, 0.25) is 0 Å². The van der Waals surface area contributed by atoms with Gasteiger partial charge >= 0.3 is 0 Å². The molecule has 2 rings (SSSR count). The molecule has 2 aromatic rings. The van der Waals surface area contributed by atoms with Crippen LogP contribution in [0.15, 0.2) is 30.5 Å². The standard InChI is InChI=1S/C10H7FN4/c11-10-4-2-1-3-8(10)6-15-7-9(5-12)13-14-15/h1-4,7H,6H2. The predicted octanol–water partition coefficient (Wildman–Crippen LogP) is 1.34. The first-order valence-corrected chi connectivity index (χ1v) is 4.33. The molecule has 0 amide bonds. The van der Waals surface area contributed by atoms with Gasteiger partial charge in [0.1, 0.15) is 11.9 Å². The lowest BCUT2D eigenvalue weighted by Crippen LogP contribution is -2.02. The monoisotopic (exact) mass is 202 g/mol. The molecule has 4 nitrogen and oxygen atoms in total. The van der Waals surface area contributed by atoms with Crippen LogP contribution in [0.5, 0.6) is 0 Å². The summed E-state index contributed by atoms with van der Waals surface area (Å²) < 4.78 is 14.7. The molecule has 0 spiro atoms. The molecular weight excluding hydrogens is 195 g/mol. The van der Waals surface area contributed by atoms with Crippen molar-refractivity contribution in [1.82, 2.24) is 15.0 Å². The molecule has 1 aromatic heterocycles. The van der Waals surface area contributed by atoms with Crippen LogP contribution < -0.4 is 0 Å². The van der Waals surface area contributed by atoms with E-state index in [1.54, 1.807) is 18.2 Å². The summed E-state index contributed by atoms with van der Waals surface area (Å²) in [7, 11) is 0. The van der Waals surface area contributed by atoms with Crippen molar-refractivity contribution < 1.29 is 4.39 Å². The Labute approximate surface area is 85.6 Å². The number of rotatable bonds is 2. The quantitative estimate of drug-likeness (QED) is 0.738. The molecule has 74 valence electrons. The lowest BCUT2D eigenvalue weighted by Gasteiger charge is -2.01. The second-order valence-corrected chi connectivity index (χ2v) is 3.00. The number of benzene rings is 1. The maximum Gasteiger partial charge on any atom is 0.182 e. The van der Waals surface area contributed by atoms with E-state index in [0.717, 1.165) is 0 Å². The fourth-order valence-electron chi connectivity index (χ4n) is 1.23. The molecular formula is C10H7FN4. The zero-order valence-electron chi connectivity index (χ0n) is 7.76. The van der Waals surface area contributed by atoms with Gasteiger partial charge in [0.15, 0.2) is 5.69 Å². The van der Waals surface area contributed by atoms with E-state index in [-0.39, 0.29) is 18.1 Å². The molecule has 0 fully saturated rings. The Morgan fingerprint density at radius 2 is 2.20 bits per heavy atom. The summed E-state index contributed by atoms with van der Waals surface area (Å²) in [5.74, 6) is -0.286. The maximum atomic E-state index is 13.2. The highest BCUT2D eigenvalue weighted by molar-refractivity contribution is 5.18. The summed E-state index contributed by atoms with van der Waals surface area (Å²) in [6, 6.07) is 8.29. The Morgan fingerprint density at radius 1 is 1.40 bits per heavy atom. The van der Waals surface area contributed by atoms with Crippen molar-refractivity contribution in [2.75, 3.05) is 0 Å². The highest BCUT2D eigenvalue weighted by Gasteiger charge is 2.03. The van der Waals surface area contributed by atoms with Crippen LogP contribution in [0.2, 0.25) is 0 Å². The van der Waals surface area contributed by atoms with Gasteiger partial charge < -0.3 is 0 Å². The molecule has 1 heterocycles. The first-order valence-electron chi connectivity index (χ1n) is 4.33. The molecule has 0 aliphatic carbocycles. The molecule has 0 bridgehead atoms. The topological polar surface area (TPSA) is 54.5 Å². The fraction of sp³-hybridized carbons (Fsp3) is 0.100. The van der Waals surface area contributed by atoms with Crippen molar-refractivity contribution in [2.45, 2.75) is 6.54 Å². The van der Waals surface area contributed by atoms with Gasteiger partial charge in [-0.05, 0) is 6.07 Å². The van der Waals surface area contributed by atoms with Crippen molar-refractivity contribution in [1.29, 1.82) is 5.26 Å². The van der Waals surface area contributed by atoms with E-state index in [9.17, 15) is 4.39 Å². The average Bonchev–Trinajstić information content (AvgIpc) is 2.69. The lowest BCUT2D eigenvalue weighted by atomic mass is 10.2. The molecule has 5 heteroatoms.